The van der Waals surface area contributed by atoms with Crippen molar-refractivity contribution >= 4 is 0 Å². The van der Waals surface area contributed by atoms with Crippen LogP contribution in [0.5, 0.6) is 0 Å². The first-order valence-electron chi connectivity index (χ1n) is 5.77. The van der Waals surface area contributed by atoms with E-state index in [1.54, 1.807) is 12.4 Å². The fourth-order valence-electron chi connectivity index (χ4n) is 1.78. The molecule has 1 aromatic heterocycles. The van der Waals surface area contributed by atoms with Crippen molar-refractivity contribution in [1.82, 2.24) is 15.3 Å². The fraction of sp³-hybridized carbons (Fsp3) is 0.667. The quantitative estimate of drug-likeness (QED) is 0.776. The van der Waals surface area contributed by atoms with Crippen LogP contribution in [0.15, 0.2) is 12.4 Å². The van der Waals surface area contributed by atoms with Crippen molar-refractivity contribution in [2.75, 3.05) is 6.54 Å². The van der Waals surface area contributed by atoms with Gasteiger partial charge in [-0.15, -0.1) is 0 Å². The first kappa shape index (κ1) is 12.1. The highest BCUT2D eigenvalue weighted by Gasteiger charge is 2.09. The van der Waals surface area contributed by atoms with E-state index in [1.807, 2.05) is 6.92 Å². The third-order valence-electron chi connectivity index (χ3n) is 2.55. The van der Waals surface area contributed by atoms with E-state index in [2.05, 4.69) is 29.1 Å². The molecule has 15 heavy (non-hydrogen) atoms. The number of aromatic nitrogens is 2. The summed E-state index contributed by atoms with van der Waals surface area (Å²) in [6.07, 6.45) is 6.92. The van der Waals surface area contributed by atoms with Crippen molar-refractivity contribution in [3.8, 4) is 0 Å². The minimum atomic E-state index is 0.537. The van der Waals surface area contributed by atoms with Crippen LogP contribution in [-0.4, -0.2) is 22.6 Å². The molecular weight excluding hydrogens is 186 g/mol. The van der Waals surface area contributed by atoms with Gasteiger partial charge in [0.15, 0.2) is 0 Å². The van der Waals surface area contributed by atoms with Gasteiger partial charge in [0.2, 0.25) is 0 Å². The first-order chi connectivity index (χ1) is 7.27. The normalized spacial score (nSPS) is 12.7. The number of rotatable bonds is 6. The first-order valence-corrected chi connectivity index (χ1v) is 5.77. The lowest BCUT2D eigenvalue weighted by atomic mass is 10.1. The maximum atomic E-state index is 4.38. The summed E-state index contributed by atoms with van der Waals surface area (Å²) in [6.45, 7) is 7.40. The Morgan fingerprint density at radius 3 is 2.60 bits per heavy atom. The Hall–Kier alpha value is -0.960. The van der Waals surface area contributed by atoms with Crippen LogP contribution in [0.3, 0.4) is 0 Å². The smallest absolute Gasteiger partial charge is 0.0631 e. The van der Waals surface area contributed by atoms with E-state index in [1.165, 1.54) is 12.8 Å². The molecule has 0 saturated carbocycles. The van der Waals surface area contributed by atoms with Crippen molar-refractivity contribution in [2.45, 2.75) is 46.1 Å². The highest BCUT2D eigenvalue weighted by Crippen LogP contribution is 2.07. The lowest BCUT2D eigenvalue weighted by Crippen LogP contribution is -2.31. The molecule has 0 aliphatic carbocycles. The molecule has 1 atom stereocenters. The van der Waals surface area contributed by atoms with Crippen molar-refractivity contribution in [3.63, 3.8) is 0 Å². The molecule has 0 aliphatic heterocycles. The van der Waals surface area contributed by atoms with E-state index in [4.69, 9.17) is 0 Å². The molecule has 1 unspecified atom stereocenters. The van der Waals surface area contributed by atoms with Gasteiger partial charge in [0, 0.05) is 24.9 Å². The lowest BCUT2D eigenvalue weighted by Gasteiger charge is -2.17. The molecule has 0 bridgehead atoms. The van der Waals surface area contributed by atoms with Crippen molar-refractivity contribution in [1.29, 1.82) is 0 Å². The second-order valence-corrected chi connectivity index (χ2v) is 3.84. The van der Waals surface area contributed by atoms with E-state index < -0.39 is 0 Å². The summed E-state index contributed by atoms with van der Waals surface area (Å²) < 4.78 is 0. The van der Waals surface area contributed by atoms with Gasteiger partial charge in [-0.05, 0) is 19.9 Å². The lowest BCUT2D eigenvalue weighted by molar-refractivity contribution is 0.480. The third-order valence-corrected chi connectivity index (χ3v) is 2.55. The van der Waals surface area contributed by atoms with Crippen LogP contribution in [0.1, 0.15) is 38.1 Å². The summed E-state index contributed by atoms with van der Waals surface area (Å²) in [5.41, 5.74) is 2.17. The zero-order valence-corrected chi connectivity index (χ0v) is 9.95. The predicted molar refractivity (Wildman–Crippen MR) is 62.8 cm³/mol. The minimum absolute atomic E-state index is 0.537. The van der Waals surface area contributed by atoms with E-state index >= 15 is 0 Å². The zero-order valence-electron chi connectivity index (χ0n) is 9.95. The molecule has 0 spiro atoms. The summed E-state index contributed by atoms with van der Waals surface area (Å²) in [6, 6.07) is 0.537. The molecule has 1 heterocycles. The molecule has 0 aromatic carbocycles. The molecule has 0 fully saturated rings. The van der Waals surface area contributed by atoms with Crippen LogP contribution >= 0.6 is 0 Å². The summed E-state index contributed by atoms with van der Waals surface area (Å²) in [4.78, 5) is 8.64. The fourth-order valence-corrected chi connectivity index (χ4v) is 1.78. The Morgan fingerprint density at radius 1 is 1.27 bits per heavy atom. The minimum Gasteiger partial charge on any atom is -0.314 e. The molecule has 0 aliphatic rings. The second-order valence-electron chi connectivity index (χ2n) is 3.84. The Bertz CT molecular complexity index is 280. The summed E-state index contributed by atoms with van der Waals surface area (Å²) in [5.74, 6) is 0. The maximum absolute atomic E-state index is 4.38. The summed E-state index contributed by atoms with van der Waals surface area (Å²) >= 11 is 0. The van der Waals surface area contributed by atoms with Gasteiger partial charge in [-0.1, -0.05) is 20.3 Å². The zero-order chi connectivity index (χ0) is 11.1. The molecule has 0 amide bonds. The third kappa shape index (κ3) is 3.96. The van der Waals surface area contributed by atoms with E-state index in [-0.39, 0.29) is 0 Å². The Balaban J connectivity index is 2.60. The number of hydrogen-bond acceptors (Lipinski definition) is 3. The van der Waals surface area contributed by atoms with Gasteiger partial charge in [0.25, 0.3) is 0 Å². The van der Waals surface area contributed by atoms with E-state index in [0.29, 0.717) is 6.04 Å². The molecule has 3 nitrogen and oxygen atoms in total. The van der Waals surface area contributed by atoms with Crippen molar-refractivity contribution in [3.05, 3.63) is 23.8 Å². The molecule has 1 rings (SSSR count). The number of likely N-dealkylation sites (N-methyl/N-ethyl adjacent to an activating group) is 1. The topological polar surface area (TPSA) is 37.8 Å². The average Bonchev–Trinajstić information content (AvgIpc) is 2.22. The monoisotopic (exact) mass is 207 g/mol. The molecule has 0 saturated heterocycles. The van der Waals surface area contributed by atoms with Crippen molar-refractivity contribution in [2.24, 2.45) is 0 Å². The number of nitrogens with one attached hydrogen (secondary N) is 1. The van der Waals surface area contributed by atoms with Gasteiger partial charge in [-0.25, -0.2) is 0 Å². The summed E-state index contributed by atoms with van der Waals surface area (Å²) in [5, 5.41) is 3.49. The van der Waals surface area contributed by atoms with Gasteiger partial charge >= 0.3 is 0 Å². The van der Waals surface area contributed by atoms with Crippen LogP contribution in [0.25, 0.3) is 0 Å². The van der Waals surface area contributed by atoms with Gasteiger partial charge in [-0.2, -0.15) is 0 Å². The molecular formula is C12H21N3. The van der Waals surface area contributed by atoms with Gasteiger partial charge in [-0.3, -0.25) is 9.97 Å². The molecule has 1 N–H and O–H groups in total. The van der Waals surface area contributed by atoms with Crippen LogP contribution < -0.4 is 5.32 Å². The van der Waals surface area contributed by atoms with Gasteiger partial charge in [0.05, 0.1) is 11.4 Å². The Morgan fingerprint density at radius 2 is 2.00 bits per heavy atom. The number of hydrogen-bond donors (Lipinski definition) is 1. The Kier molecular flexibility index (Phi) is 5.26. The van der Waals surface area contributed by atoms with Crippen LogP contribution in [0, 0.1) is 6.92 Å². The van der Waals surface area contributed by atoms with Gasteiger partial charge in [0.1, 0.15) is 0 Å². The van der Waals surface area contributed by atoms with Gasteiger partial charge < -0.3 is 5.32 Å². The van der Waals surface area contributed by atoms with E-state index in [9.17, 15) is 0 Å². The Labute approximate surface area is 92.3 Å². The predicted octanol–water partition coefficient (Wildman–Crippen LogP) is 2.11. The molecule has 0 radical (unpaired) electrons. The average molecular weight is 207 g/mol. The highest BCUT2D eigenvalue weighted by molar-refractivity contribution is 5.09. The van der Waals surface area contributed by atoms with Crippen LogP contribution in [0.2, 0.25) is 0 Å². The SMILES string of the molecule is CCCC(Cc1nccnc1C)NCC. The standard InChI is InChI=1S/C12H21N3/c1-4-6-11(13-5-2)9-12-10(3)14-7-8-15-12/h7-8,11,13H,4-6,9H2,1-3H3. The van der Waals surface area contributed by atoms with Crippen LogP contribution in [0.4, 0.5) is 0 Å². The highest BCUT2D eigenvalue weighted by atomic mass is 14.9. The number of aryl methyl sites for hydroxylation is 1. The maximum Gasteiger partial charge on any atom is 0.0631 e. The molecule has 3 heteroatoms. The summed E-state index contributed by atoms with van der Waals surface area (Å²) in [7, 11) is 0. The molecule has 84 valence electrons. The van der Waals surface area contributed by atoms with Crippen LogP contribution in [-0.2, 0) is 6.42 Å². The number of nitrogens with zero attached hydrogens (tertiary/aromatic N) is 2. The van der Waals surface area contributed by atoms with Crippen molar-refractivity contribution < 1.29 is 0 Å². The van der Waals surface area contributed by atoms with E-state index in [0.717, 1.165) is 24.4 Å². The second kappa shape index (κ2) is 6.51. The largest absolute Gasteiger partial charge is 0.314 e. The molecule has 1 aromatic rings.